The molecule has 0 fully saturated rings. The fourth-order valence-corrected chi connectivity index (χ4v) is 3.02. The first-order valence-electron chi connectivity index (χ1n) is 6.37. The zero-order valence-corrected chi connectivity index (χ0v) is 15.9. The van der Waals surface area contributed by atoms with Gasteiger partial charge >= 0.3 is 0 Å². The second-order valence-electron chi connectivity index (χ2n) is 4.60. The number of primary sulfonamides is 1. The predicted molar refractivity (Wildman–Crippen MR) is 101 cm³/mol. The molecule has 10 heteroatoms. The molecule has 1 amide bonds. The average Bonchev–Trinajstić information content (AvgIpc) is 2.49. The molecule has 0 aromatic heterocycles. The highest BCUT2D eigenvalue weighted by molar-refractivity contribution is 9.10. The Kier molecular flexibility index (Phi) is 5.94. The maximum Gasteiger partial charge on any atom is 0.258 e. The number of rotatable bonds is 3. The van der Waals surface area contributed by atoms with E-state index in [0.29, 0.717) is 10.2 Å². The molecule has 126 valence electrons. The number of carbonyl (C=O) groups is 1. The monoisotopic (exact) mass is 447 g/mol. The summed E-state index contributed by atoms with van der Waals surface area (Å²) in [5.41, 5.74) is 0.757. The number of carbonyl (C=O) groups excluding carboxylic acids is 1. The van der Waals surface area contributed by atoms with Crippen molar-refractivity contribution in [2.75, 3.05) is 5.32 Å². The lowest BCUT2D eigenvalue weighted by Crippen LogP contribution is -2.34. The quantitative estimate of drug-likeness (QED) is 0.627. The summed E-state index contributed by atoms with van der Waals surface area (Å²) in [7, 11) is -3.76. The molecule has 0 aliphatic rings. The van der Waals surface area contributed by atoms with Crippen LogP contribution in [-0.4, -0.2) is 19.4 Å². The van der Waals surface area contributed by atoms with Gasteiger partial charge in [0, 0.05) is 10.2 Å². The Balaban J connectivity index is 2.05. The smallest absolute Gasteiger partial charge is 0.258 e. The molecule has 0 aliphatic heterocycles. The van der Waals surface area contributed by atoms with Crippen LogP contribution in [0.3, 0.4) is 0 Å². The number of hydrogen-bond acceptors (Lipinski definition) is 4. The number of benzene rings is 2. The first kappa shape index (κ1) is 18.8. The van der Waals surface area contributed by atoms with Crippen LogP contribution in [0.5, 0.6) is 0 Å². The van der Waals surface area contributed by atoms with Crippen molar-refractivity contribution < 1.29 is 13.2 Å². The molecule has 0 heterocycles. The standard InChI is InChI=1S/C14H11BrClN3O3S2/c15-8-1-6-12(16)11(7-8)13(20)19-14(23)18-9-2-4-10(5-3-9)24(17,21)22/h1-7H,(H2,17,21,22)(H2,18,19,20,23). The molecule has 2 rings (SSSR count). The van der Waals surface area contributed by atoms with Crippen LogP contribution in [0.25, 0.3) is 0 Å². The Bertz CT molecular complexity index is 902. The number of sulfonamides is 1. The summed E-state index contributed by atoms with van der Waals surface area (Å²) in [6.07, 6.45) is 0. The van der Waals surface area contributed by atoms with E-state index >= 15 is 0 Å². The Labute approximate surface area is 157 Å². The minimum atomic E-state index is -3.76. The van der Waals surface area contributed by atoms with E-state index < -0.39 is 15.9 Å². The highest BCUT2D eigenvalue weighted by Crippen LogP contribution is 2.21. The van der Waals surface area contributed by atoms with Gasteiger partial charge in [-0.2, -0.15) is 0 Å². The molecule has 0 atom stereocenters. The van der Waals surface area contributed by atoms with Gasteiger partial charge < -0.3 is 5.32 Å². The fraction of sp³-hybridized carbons (Fsp3) is 0. The highest BCUT2D eigenvalue weighted by Gasteiger charge is 2.13. The Morgan fingerprint density at radius 3 is 2.38 bits per heavy atom. The molecule has 0 bridgehead atoms. The van der Waals surface area contributed by atoms with Crippen molar-refractivity contribution in [1.82, 2.24) is 5.32 Å². The highest BCUT2D eigenvalue weighted by atomic mass is 79.9. The van der Waals surface area contributed by atoms with Gasteiger partial charge in [-0.3, -0.25) is 10.1 Å². The summed E-state index contributed by atoms with van der Waals surface area (Å²) in [6.45, 7) is 0. The van der Waals surface area contributed by atoms with Crippen molar-refractivity contribution in [2.45, 2.75) is 4.90 Å². The summed E-state index contributed by atoms with van der Waals surface area (Å²) in [5, 5.41) is 10.6. The molecule has 4 N–H and O–H groups in total. The van der Waals surface area contributed by atoms with Crippen LogP contribution in [0.1, 0.15) is 10.4 Å². The van der Waals surface area contributed by atoms with E-state index in [1.165, 1.54) is 24.3 Å². The molecule has 0 unspecified atom stereocenters. The Morgan fingerprint density at radius 2 is 1.79 bits per heavy atom. The molecule has 2 aromatic carbocycles. The van der Waals surface area contributed by atoms with Gasteiger partial charge in [0.15, 0.2) is 5.11 Å². The van der Waals surface area contributed by atoms with Crippen molar-refractivity contribution in [3.8, 4) is 0 Å². The van der Waals surface area contributed by atoms with Crippen LogP contribution in [-0.2, 0) is 10.0 Å². The van der Waals surface area contributed by atoms with Crippen molar-refractivity contribution in [3.63, 3.8) is 0 Å². The third-order valence-electron chi connectivity index (χ3n) is 2.84. The minimum absolute atomic E-state index is 0.0241. The summed E-state index contributed by atoms with van der Waals surface area (Å²) in [5.74, 6) is -0.472. The van der Waals surface area contributed by atoms with Crippen molar-refractivity contribution in [1.29, 1.82) is 0 Å². The van der Waals surface area contributed by atoms with Crippen LogP contribution in [0.15, 0.2) is 51.8 Å². The molecule has 24 heavy (non-hydrogen) atoms. The average molecular weight is 449 g/mol. The van der Waals surface area contributed by atoms with Crippen LogP contribution in [0.4, 0.5) is 5.69 Å². The van der Waals surface area contributed by atoms with Gasteiger partial charge in [0.1, 0.15) is 0 Å². The predicted octanol–water partition coefficient (Wildman–Crippen LogP) is 2.88. The third-order valence-corrected chi connectivity index (χ3v) is 4.80. The van der Waals surface area contributed by atoms with E-state index in [0.717, 1.165) is 0 Å². The van der Waals surface area contributed by atoms with Gasteiger partial charge in [-0.25, -0.2) is 13.6 Å². The molecule has 0 saturated carbocycles. The lowest BCUT2D eigenvalue weighted by atomic mass is 10.2. The molecule has 0 spiro atoms. The largest absolute Gasteiger partial charge is 0.332 e. The Morgan fingerprint density at radius 1 is 1.17 bits per heavy atom. The van der Waals surface area contributed by atoms with E-state index in [9.17, 15) is 13.2 Å². The number of anilines is 1. The lowest BCUT2D eigenvalue weighted by Gasteiger charge is -2.11. The first-order chi connectivity index (χ1) is 11.2. The minimum Gasteiger partial charge on any atom is -0.332 e. The van der Waals surface area contributed by atoms with Crippen LogP contribution in [0, 0.1) is 0 Å². The summed E-state index contributed by atoms with van der Waals surface area (Å²) >= 11 is 14.3. The third kappa shape index (κ3) is 4.99. The van der Waals surface area contributed by atoms with Crippen molar-refractivity contribution >= 4 is 66.5 Å². The normalized spacial score (nSPS) is 11.0. The summed E-state index contributed by atoms with van der Waals surface area (Å²) in [4.78, 5) is 12.1. The molecule has 6 nitrogen and oxygen atoms in total. The molecular weight excluding hydrogens is 438 g/mol. The summed E-state index contributed by atoms with van der Waals surface area (Å²) < 4.78 is 23.1. The van der Waals surface area contributed by atoms with Crippen LogP contribution in [0.2, 0.25) is 5.02 Å². The van der Waals surface area contributed by atoms with Gasteiger partial charge in [0.2, 0.25) is 10.0 Å². The van der Waals surface area contributed by atoms with Crippen LogP contribution >= 0.6 is 39.7 Å². The molecule has 0 aliphatic carbocycles. The maximum atomic E-state index is 12.2. The van der Waals surface area contributed by atoms with E-state index in [1.807, 2.05) is 0 Å². The SMILES string of the molecule is NS(=O)(=O)c1ccc(NC(=S)NC(=O)c2cc(Br)ccc2Cl)cc1. The maximum absolute atomic E-state index is 12.2. The zero-order chi connectivity index (χ0) is 17.9. The van der Waals surface area contributed by atoms with Gasteiger partial charge in [-0.1, -0.05) is 27.5 Å². The van der Waals surface area contributed by atoms with Crippen molar-refractivity contribution in [3.05, 3.63) is 57.5 Å². The van der Waals surface area contributed by atoms with E-state index in [4.69, 9.17) is 29.0 Å². The fourth-order valence-electron chi connectivity index (χ4n) is 1.73. The molecular formula is C14H11BrClN3O3S2. The summed E-state index contributed by atoms with van der Waals surface area (Å²) in [6, 6.07) is 10.5. The van der Waals surface area contributed by atoms with Gasteiger partial charge in [-0.05, 0) is 54.7 Å². The number of nitrogens with one attached hydrogen (secondary N) is 2. The lowest BCUT2D eigenvalue weighted by molar-refractivity contribution is 0.0978. The number of thiocarbonyl (C=S) groups is 1. The number of nitrogens with two attached hydrogens (primary N) is 1. The van der Waals surface area contributed by atoms with E-state index in [2.05, 4.69) is 26.6 Å². The number of hydrogen-bond donors (Lipinski definition) is 3. The van der Waals surface area contributed by atoms with Gasteiger partial charge in [-0.15, -0.1) is 0 Å². The molecule has 0 radical (unpaired) electrons. The molecule has 0 saturated heterocycles. The van der Waals surface area contributed by atoms with Crippen molar-refractivity contribution in [2.24, 2.45) is 5.14 Å². The first-order valence-corrected chi connectivity index (χ1v) is 9.49. The van der Waals surface area contributed by atoms with E-state index in [-0.39, 0.29) is 20.6 Å². The van der Waals surface area contributed by atoms with Gasteiger partial charge in [0.25, 0.3) is 5.91 Å². The number of amides is 1. The second-order valence-corrected chi connectivity index (χ2v) is 7.89. The zero-order valence-electron chi connectivity index (χ0n) is 11.9. The number of halogens is 2. The molecule has 2 aromatic rings. The van der Waals surface area contributed by atoms with E-state index in [1.54, 1.807) is 18.2 Å². The second kappa shape index (κ2) is 7.58. The van der Waals surface area contributed by atoms with Crippen LogP contribution < -0.4 is 15.8 Å². The Hall–Kier alpha value is -1.52. The van der Waals surface area contributed by atoms with Gasteiger partial charge in [0.05, 0.1) is 15.5 Å². The topological polar surface area (TPSA) is 101 Å².